The van der Waals surface area contributed by atoms with Crippen LogP contribution in [-0.2, 0) is 17.4 Å². The number of fused-ring (bicyclic) bond motifs is 2. The van der Waals surface area contributed by atoms with Crippen molar-refractivity contribution >= 4 is 5.97 Å². The van der Waals surface area contributed by atoms with Crippen LogP contribution in [0.2, 0.25) is 0 Å². The standard InChI is InChI=1S/C29H29F5N4O5/c1-16(18-5-6-22-23(13-18)43-29(33,34)42-22)41-24-14-20(7-10-35-24)38-25-19(15-37-11-8-17(9-12-37)27(39)40)3-2-4-21(25)26(36-38)28(30,31)32/h5-7,10,13-14,16-17,19H,2-4,8-9,11-12,15H2,1H3,(H,39,40)/t16-,19-/m0/s1. The zero-order valence-electron chi connectivity index (χ0n) is 23.1. The second kappa shape index (κ2) is 11.0. The maximum Gasteiger partial charge on any atom is 0.586 e. The van der Waals surface area contributed by atoms with E-state index in [1.807, 2.05) is 0 Å². The monoisotopic (exact) mass is 608 g/mol. The number of hydrogen-bond donors (Lipinski definition) is 1. The van der Waals surface area contributed by atoms with Crippen LogP contribution in [0.3, 0.4) is 0 Å². The molecule has 1 saturated heterocycles. The molecule has 0 unspecified atom stereocenters. The molecule has 1 fully saturated rings. The minimum Gasteiger partial charge on any atom is -0.481 e. The number of carbonyl (C=O) groups is 1. The minimum absolute atomic E-state index is 0.105. The number of alkyl halides is 5. The first-order chi connectivity index (χ1) is 20.4. The average Bonchev–Trinajstić information content (AvgIpc) is 3.50. The molecule has 1 N–H and O–H groups in total. The molecule has 3 aliphatic rings. The van der Waals surface area contributed by atoms with Crippen molar-refractivity contribution in [3.05, 3.63) is 59.0 Å². The number of carboxylic acids is 1. The summed E-state index contributed by atoms with van der Waals surface area (Å²) in [5.41, 5.74) is 0.581. The van der Waals surface area contributed by atoms with E-state index in [0.29, 0.717) is 62.3 Å². The molecule has 3 aromatic rings. The van der Waals surface area contributed by atoms with E-state index in [1.165, 1.54) is 29.1 Å². The fourth-order valence-electron chi connectivity index (χ4n) is 6.13. The molecule has 1 aromatic carbocycles. The van der Waals surface area contributed by atoms with Crippen LogP contribution in [0.5, 0.6) is 17.4 Å². The largest absolute Gasteiger partial charge is 0.586 e. The normalized spacial score (nSPS) is 20.9. The molecule has 43 heavy (non-hydrogen) atoms. The Morgan fingerprint density at radius 1 is 1.14 bits per heavy atom. The Hall–Kier alpha value is -3.94. The molecule has 1 aliphatic carbocycles. The molecular weight excluding hydrogens is 579 g/mol. The van der Waals surface area contributed by atoms with Gasteiger partial charge in [-0.1, -0.05) is 6.07 Å². The van der Waals surface area contributed by atoms with Crippen molar-refractivity contribution in [2.75, 3.05) is 19.6 Å². The number of aromatic nitrogens is 3. The molecule has 2 aliphatic heterocycles. The molecule has 2 atom stereocenters. The molecule has 0 saturated carbocycles. The zero-order chi connectivity index (χ0) is 30.5. The Kier molecular flexibility index (Phi) is 7.43. The van der Waals surface area contributed by atoms with Gasteiger partial charge in [-0.15, -0.1) is 8.78 Å². The second-order valence-corrected chi connectivity index (χ2v) is 11.1. The molecule has 2 aromatic heterocycles. The van der Waals surface area contributed by atoms with Gasteiger partial charge >= 0.3 is 18.4 Å². The Morgan fingerprint density at radius 3 is 2.60 bits per heavy atom. The maximum atomic E-state index is 14.1. The Bertz CT molecular complexity index is 1520. The second-order valence-electron chi connectivity index (χ2n) is 11.1. The smallest absolute Gasteiger partial charge is 0.481 e. The lowest BCUT2D eigenvalue weighted by molar-refractivity contribution is -0.286. The number of hydrogen-bond acceptors (Lipinski definition) is 7. The van der Waals surface area contributed by atoms with Crippen molar-refractivity contribution in [1.29, 1.82) is 0 Å². The molecule has 0 radical (unpaired) electrons. The van der Waals surface area contributed by atoms with Crippen LogP contribution in [0.1, 0.15) is 67.1 Å². The highest BCUT2D eigenvalue weighted by Gasteiger charge is 2.44. The summed E-state index contributed by atoms with van der Waals surface area (Å²) in [4.78, 5) is 17.7. The first-order valence-electron chi connectivity index (χ1n) is 14.0. The van der Waals surface area contributed by atoms with Crippen molar-refractivity contribution in [2.24, 2.45) is 5.92 Å². The predicted octanol–water partition coefficient (Wildman–Crippen LogP) is 5.96. The van der Waals surface area contributed by atoms with Crippen LogP contribution >= 0.6 is 0 Å². The summed E-state index contributed by atoms with van der Waals surface area (Å²) in [7, 11) is 0. The Morgan fingerprint density at radius 2 is 1.88 bits per heavy atom. The Labute approximate surface area is 243 Å². The van der Waals surface area contributed by atoms with Crippen molar-refractivity contribution < 1.29 is 46.1 Å². The van der Waals surface area contributed by atoms with Gasteiger partial charge in [-0.2, -0.15) is 18.3 Å². The van der Waals surface area contributed by atoms with Crippen LogP contribution in [0.4, 0.5) is 22.0 Å². The number of aliphatic carboxylic acids is 1. The quantitative estimate of drug-likeness (QED) is 0.328. The number of halogens is 5. The summed E-state index contributed by atoms with van der Waals surface area (Å²) in [5.74, 6) is -1.60. The lowest BCUT2D eigenvalue weighted by atomic mass is 9.85. The lowest BCUT2D eigenvalue weighted by Crippen LogP contribution is -2.39. The molecule has 4 heterocycles. The molecule has 0 amide bonds. The summed E-state index contributed by atoms with van der Waals surface area (Å²) in [5, 5.41) is 13.4. The fraction of sp³-hybridized carbons (Fsp3) is 0.483. The number of pyridine rings is 1. The van der Waals surface area contributed by atoms with E-state index in [4.69, 9.17) is 4.74 Å². The predicted molar refractivity (Wildman–Crippen MR) is 141 cm³/mol. The van der Waals surface area contributed by atoms with Gasteiger partial charge in [0.15, 0.2) is 17.2 Å². The minimum atomic E-state index is -4.64. The van der Waals surface area contributed by atoms with Gasteiger partial charge in [-0.05, 0) is 75.9 Å². The molecule has 0 bridgehead atoms. The molecule has 0 spiro atoms. The SMILES string of the molecule is C[C@H](Oc1cc(-n2nc(C(F)(F)F)c3c2[C@H](CN2CCC(C(=O)O)CC2)CCC3)ccn1)c1ccc2c(c1)OC(F)(F)O2. The lowest BCUT2D eigenvalue weighted by Gasteiger charge is -2.34. The van der Waals surface area contributed by atoms with E-state index in [-0.39, 0.29) is 35.3 Å². The first-order valence-corrected chi connectivity index (χ1v) is 14.0. The number of likely N-dealkylation sites (tertiary alicyclic amines) is 1. The van der Waals surface area contributed by atoms with E-state index in [9.17, 15) is 31.9 Å². The summed E-state index contributed by atoms with van der Waals surface area (Å²) >= 11 is 0. The third kappa shape index (κ3) is 5.97. The molecular formula is C29H29F5N4O5. The molecule has 9 nitrogen and oxygen atoms in total. The van der Waals surface area contributed by atoms with Crippen LogP contribution in [-0.4, -0.2) is 56.7 Å². The van der Waals surface area contributed by atoms with Crippen molar-refractivity contribution in [3.8, 4) is 23.1 Å². The van der Waals surface area contributed by atoms with E-state index in [0.717, 1.165) is 0 Å². The van der Waals surface area contributed by atoms with Gasteiger partial charge in [0.2, 0.25) is 5.88 Å². The van der Waals surface area contributed by atoms with Crippen LogP contribution in [0.15, 0.2) is 36.5 Å². The highest BCUT2D eigenvalue weighted by Crippen LogP contribution is 2.43. The third-order valence-corrected chi connectivity index (χ3v) is 8.23. The number of nitrogens with zero attached hydrogens (tertiary/aromatic N) is 4. The van der Waals surface area contributed by atoms with E-state index < -0.39 is 36.2 Å². The van der Waals surface area contributed by atoms with Gasteiger partial charge in [0.05, 0.1) is 17.3 Å². The van der Waals surface area contributed by atoms with Crippen LogP contribution in [0, 0.1) is 5.92 Å². The van der Waals surface area contributed by atoms with Gasteiger partial charge in [-0.25, -0.2) is 9.67 Å². The summed E-state index contributed by atoms with van der Waals surface area (Å²) < 4.78 is 85.5. The fourth-order valence-corrected chi connectivity index (χ4v) is 6.13. The Balaban J connectivity index is 1.27. The first kappa shape index (κ1) is 29.1. The summed E-state index contributed by atoms with van der Waals surface area (Å²) in [6.07, 6.45) is -5.17. The molecule has 6 rings (SSSR count). The maximum absolute atomic E-state index is 14.1. The topological polar surface area (TPSA) is 98.9 Å². The summed E-state index contributed by atoms with van der Waals surface area (Å²) in [6, 6.07) is 7.30. The van der Waals surface area contributed by atoms with Gasteiger partial charge in [0.25, 0.3) is 0 Å². The van der Waals surface area contributed by atoms with Crippen molar-refractivity contribution in [2.45, 2.75) is 63.5 Å². The molecule has 14 heteroatoms. The van der Waals surface area contributed by atoms with Gasteiger partial charge in [0, 0.05) is 30.3 Å². The van der Waals surface area contributed by atoms with Gasteiger partial charge < -0.3 is 24.2 Å². The van der Waals surface area contributed by atoms with E-state index in [2.05, 4.69) is 24.5 Å². The number of rotatable bonds is 7. The number of ether oxygens (including phenoxy) is 3. The molecule has 230 valence electrons. The van der Waals surface area contributed by atoms with Crippen molar-refractivity contribution in [3.63, 3.8) is 0 Å². The van der Waals surface area contributed by atoms with Crippen LogP contribution < -0.4 is 14.2 Å². The van der Waals surface area contributed by atoms with Gasteiger partial charge in [-0.3, -0.25) is 4.79 Å². The summed E-state index contributed by atoms with van der Waals surface area (Å²) in [6.45, 7) is 3.29. The number of piperidine rings is 1. The van der Waals surface area contributed by atoms with Gasteiger partial charge in [0.1, 0.15) is 6.10 Å². The average molecular weight is 609 g/mol. The van der Waals surface area contributed by atoms with Crippen molar-refractivity contribution in [1.82, 2.24) is 19.7 Å². The zero-order valence-corrected chi connectivity index (χ0v) is 23.1. The van der Waals surface area contributed by atoms with E-state index >= 15 is 0 Å². The highest BCUT2D eigenvalue weighted by molar-refractivity contribution is 5.70. The van der Waals surface area contributed by atoms with E-state index in [1.54, 1.807) is 19.1 Å². The van der Waals surface area contributed by atoms with Crippen LogP contribution in [0.25, 0.3) is 5.69 Å². The number of benzene rings is 1. The highest BCUT2D eigenvalue weighted by atomic mass is 19.4. The third-order valence-electron chi connectivity index (χ3n) is 8.23. The number of carboxylic acid groups (broad SMARTS) is 1.